The fraction of sp³-hybridized carbons (Fsp3) is 0.333. The van der Waals surface area contributed by atoms with Crippen molar-refractivity contribution in [2.24, 2.45) is 11.7 Å². The minimum Gasteiger partial charge on any atom is -0.478 e. The molecule has 152 valence electrons. The van der Waals surface area contributed by atoms with Gasteiger partial charge in [-0.15, -0.1) is 0 Å². The lowest BCUT2D eigenvalue weighted by Crippen LogP contribution is -2.37. The van der Waals surface area contributed by atoms with Crippen molar-refractivity contribution in [1.82, 2.24) is 5.32 Å². The maximum atomic E-state index is 13.0. The number of hydrogen-bond donors (Lipinski definition) is 4. The molecule has 2 aromatic carbocycles. The van der Waals surface area contributed by atoms with Gasteiger partial charge in [0.15, 0.2) is 0 Å². The van der Waals surface area contributed by atoms with Crippen LogP contribution in [0.25, 0.3) is 10.8 Å². The van der Waals surface area contributed by atoms with E-state index >= 15 is 0 Å². The Morgan fingerprint density at radius 1 is 0.828 bits per heavy atom. The monoisotopic (exact) mass is 398 g/mol. The van der Waals surface area contributed by atoms with Gasteiger partial charge in [0.25, 0.3) is 5.91 Å². The fourth-order valence-electron chi connectivity index (χ4n) is 3.91. The molecule has 0 atom stereocenters. The van der Waals surface area contributed by atoms with Crippen LogP contribution in [0.15, 0.2) is 24.3 Å². The van der Waals surface area contributed by atoms with Gasteiger partial charge >= 0.3 is 11.9 Å². The first kappa shape index (κ1) is 20.3. The van der Waals surface area contributed by atoms with Gasteiger partial charge in [-0.3, -0.25) is 9.59 Å². The van der Waals surface area contributed by atoms with E-state index in [1.54, 1.807) is 0 Å². The minimum absolute atomic E-state index is 0.00382. The molecule has 1 saturated carbocycles. The SMILES string of the molecule is CC1CCC(NC(=O)c2ccc(C(N)=O)c3c(C(=O)O)ccc(C(=O)O)c23)CC1. The number of hydrogen-bond acceptors (Lipinski definition) is 4. The highest BCUT2D eigenvalue weighted by atomic mass is 16.4. The van der Waals surface area contributed by atoms with Crippen molar-refractivity contribution in [2.45, 2.75) is 38.6 Å². The third-order valence-corrected chi connectivity index (χ3v) is 5.48. The third kappa shape index (κ3) is 3.91. The molecule has 8 nitrogen and oxygen atoms in total. The Balaban J connectivity index is 2.19. The number of nitrogens with one attached hydrogen (secondary N) is 1. The lowest BCUT2D eigenvalue weighted by molar-refractivity contribution is 0.0684. The van der Waals surface area contributed by atoms with Crippen molar-refractivity contribution in [3.05, 3.63) is 46.5 Å². The molecule has 0 saturated heterocycles. The Morgan fingerprint density at radius 2 is 1.28 bits per heavy atom. The quantitative estimate of drug-likeness (QED) is 0.609. The molecule has 0 aromatic heterocycles. The highest BCUT2D eigenvalue weighted by Crippen LogP contribution is 2.31. The molecule has 1 aliphatic rings. The zero-order valence-corrected chi connectivity index (χ0v) is 15.9. The predicted molar refractivity (Wildman–Crippen MR) is 105 cm³/mol. The predicted octanol–water partition coefficient (Wildman–Crippen LogP) is 2.64. The normalized spacial score (nSPS) is 18.9. The number of rotatable bonds is 5. The highest BCUT2D eigenvalue weighted by molar-refractivity contribution is 6.23. The maximum Gasteiger partial charge on any atom is 0.336 e. The fourth-order valence-corrected chi connectivity index (χ4v) is 3.91. The number of amides is 2. The Labute approximate surface area is 166 Å². The first-order valence-electron chi connectivity index (χ1n) is 9.37. The first-order chi connectivity index (χ1) is 13.7. The van der Waals surface area contributed by atoms with Gasteiger partial charge in [-0.05, 0) is 55.9 Å². The Morgan fingerprint density at radius 3 is 1.76 bits per heavy atom. The van der Waals surface area contributed by atoms with Crippen molar-refractivity contribution >= 4 is 34.5 Å². The number of primary amides is 1. The van der Waals surface area contributed by atoms with E-state index in [1.807, 2.05) is 0 Å². The Kier molecular flexibility index (Phi) is 5.54. The minimum atomic E-state index is -1.35. The standard InChI is InChI=1S/C21H22N2O6/c1-10-2-4-11(5-3-10)23-19(25)13-7-6-12(18(22)24)16-14(20(26)27)8-9-15(17(13)16)21(28)29/h6-11H,2-5H2,1H3,(H2,22,24)(H,23,25)(H,26,27)(H,28,29). The average molecular weight is 398 g/mol. The number of nitrogens with two attached hydrogens (primary N) is 1. The highest BCUT2D eigenvalue weighted by Gasteiger charge is 2.26. The van der Waals surface area contributed by atoms with Crippen LogP contribution < -0.4 is 11.1 Å². The third-order valence-electron chi connectivity index (χ3n) is 5.48. The van der Waals surface area contributed by atoms with Crippen LogP contribution in [-0.2, 0) is 0 Å². The number of carboxylic acids is 2. The summed E-state index contributed by atoms with van der Waals surface area (Å²) in [6.45, 7) is 2.15. The van der Waals surface area contributed by atoms with Gasteiger partial charge in [0.2, 0.25) is 5.91 Å². The average Bonchev–Trinajstić information content (AvgIpc) is 2.67. The van der Waals surface area contributed by atoms with Crippen LogP contribution in [0, 0.1) is 5.92 Å². The second-order valence-corrected chi connectivity index (χ2v) is 7.48. The molecule has 8 heteroatoms. The summed E-state index contributed by atoms with van der Waals surface area (Å²) in [7, 11) is 0. The molecule has 2 amide bonds. The van der Waals surface area contributed by atoms with E-state index in [-0.39, 0.29) is 39.1 Å². The molecule has 0 bridgehead atoms. The van der Waals surface area contributed by atoms with Crippen LogP contribution in [0.1, 0.15) is 74.0 Å². The van der Waals surface area contributed by atoms with Crippen LogP contribution in [0.5, 0.6) is 0 Å². The van der Waals surface area contributed by atoms with Crippen molar-refractivity contribution in [3.63, 3.8) is 0 Å². The first-order valence-corrected chi connectivity index (χ1v) is 9.37. The van der Waals surface area contributed by atoms with Crippen LogP contribution in [0.3, 0.4) is 0 Å². The van der Waals surface area contributed by atoms with Crippen LogP contribution >= 0.6 is 0 Å². The topological polar surface area (TPSA) is 147 Å². The number of carbonyl (C=O) groups is 4. The van der Waals surface area contributed by atoms with Crippen molar-refractivity contribution in [2.75, 3.05) is 0 Å². The van der Waals surface area contributed by atoms with Crippen molar-refractivity contribution in [3.8, 4) is 0 Å². The molecule has 29 heavy (non-hydrogen) atoms. The van der Waals surface area contributed by atoms with Crippen LogP contribution in [-0.4, -0.2) is 40.0 Å². The number of carbonyl (C=O) groups excluding carboxylic acids is 2. The van der Waals surface area contributed by atoms with E-state index in [2.05, 4.69) is 12.2 Å². The van der Waals surface area contributed by atoms with Gasteiger partial charge in [0.05, 0.1) is 11.1 Å². The zero-order valence-electron chi connectivity index (χ0n) is 15.9. The molecule has 0 radical (unpaired) electrons. The molecule has 1 aliphatic carbocycles. The Bertz CT molecular complexity index is 1000. The molecule has 1 fully saturated rings. The lowest BCUT2D eigenvalue weighted by Gasteiger charge is -2.27. The smallest absolute Gasteiger partial charge is 0.336 e. The van der Waals surface area contributed by atoms with Gasteiger partial charge in [0.1, 0.15) is 0 Å². The second-order valence-electron chi connectivity index (χ2n) is 7.48. The summed E-state index contributed by atoms with van der Waals surface area (Å²) in [5.41, 5.74) is 4.68. The lowest BCUT2D eigenvalue weighted by atomic mass is 9.87. The zero-order chi connectivity index (χ0) is 21.3. The van der Waals surface area contributed by atoms with Gasteiger partial charge in [0, 0.05) is 27.9 Å². The van der Waals surface area contributed by atoms with E-state index in [0.717, 1.165) is 37.8 Å². The molecular weight excluding hydrogens is 376 g/mol. The van der Waals surface area contributed by atoms with Crippen LogP contribution in [0.2, 0.25) is 0 Å². The summed E-state index contributed by atoms with van der Waals surface area (Å²) < 4.78 is 0. The van der Waals surface area contributed by atoms with Crippen LogP contribution in [0.4, 0.5) is 0 Å². The summed E-state index contributed by atoms with van der Waals surface area (Å²) in [6, 6.07) is 4.77. The molecule has 0 aliphatic heterocycles. The molecule has 0 heterocycles. The van der Waals surface area contributed by atoms with E-state index in [1.165, 1.54) is 12.1 Å². The molecule has 0 spiro atoms. The largest absolute Gasteiger partial charge is 0.478 e. The number of aromatic carboxylic acids is 2. The summed E-state index contributed by atoms with van der Waals surface area (Å²) in [5, 5.41) is 21.8. The Hall–Kier alpha value is -3.42. The summed E-state index contributed by atoms with van der Waals surface area (Å²) in [5.74, 6) is -3.51. The van der Waals surface area contributed by atoms with Gasteiger partial charge in [-0.25, -0.2) is 9.59 Å². The van der Waals surface area contributed by atoms with E-state index in [9.17, 15) is 29.4 Å². The van der Waals surface area contributed by atoms with Crippen molar-refractivity contribution < 1.29 is 29.4 Å². The molecular formula is C21H22N2O6. The van der Waals surface area contributed by atoms with Gasteiger partial charge in [-0.2, -0.15) is 0 Å². The molecule has 0 unspecified atom stereocenters. The van der Waals surface area contributed by atoms with Gasteiger partial charge in [-0.1, -0.05) is 6.92 Å². The van der Waals surface area contributed by atoms with Crippen molar-refractivity contribution in [1.29, 1.82) is 0 Å². The number of carboxylic acid groups (broad SMARTS) is 2. The van der Waals surface area contributed by atoms with E-state index in [0.29, 0.717) is 5.92 Å². The van der Waals surface area contributed by atoms with Gasteiger partial charge < -0.3 is 21.3 Å². The van der Waals surface area contributed by atoms with E-state index in [4.69, 9.17) is 5.73 Å². The summed E-state index contributed by atoms with van der Waals surface area (Å²) in [4.78, 5) is 48.3. The maximum absolute atomic E-state index is 13.0. The summed E-state index contributed by atoms with van der Waals surface area (Å²) in [6.07, 6.45) is 3.60. The molecule has 5 N–H and O–H groups in total. The summed E-state index contributed by atoms with van der Waals surface area (Å²) >= 11 is 0. The molecule has 2 aromatic rings. The second kappa shape index (κ2) is 7.90. The van der Waals surface area contributed by atoms with E-state index < -0.39 is 23.8 Å². The molecule has 3 rings (SSSR count). The number of fused-ring (bicyclic) bond motifs is 1. The number of benzene rings is 2.